The summed E-state index contributed by atoms with van der Waals surface area (Å²) >= 11 is 1.38. The fourth-order valence-electron chi connectivity index (χ4n) is 1.92. The predicted octanol–water partition coefficient (Wildman–Crippen LogP) is 4.36. The molecular weight excluding hydrogens is 315 g/mol. The molecule has 0 N–H and O–H groups in total. The molecule has 0 saturated carbocycles. The van der Waals surface area contributed by atoms with Gasteiger partial charge in [-0.05, 0) is 31.2 Å². The summed E-state index contributed by atoms with van der Waals surface area (Å²) < 4.78 is 24.4. The first-order valence-electron chi connectivity index (χ1n) is 7.13. The molecule has 0 aliphatic rings. The number of rotatable bonds is 6. The van der Waals surface area contributed by atoms with Gasteiger partial charge >= 0.3 is 0 Å². The number of nitrogens with zero attached hydrogens (tertiary/aromatic N) is 2. The Morgan fingerprint density at radius 1 is 1.09 bits per heavy atom. The van der Waals surface area contributed by atoms with E-state index in [0.717, 1.165) is 5.56 Å². The van der Waals surface area contributed by atoms with Gasteiger partial charge in [-0.25, -0.2) is 4.39 Å². The highest BCUT2D eigenvalue weighted by molar-refractivity contribution is 7.99. The van der Waals surface area contributed by atoms with E-state index in [1.165, 1.54) is 23.4 Å². The molecule has 0 unspecified atom stereocenters. The molecule has 0 bridgehead atoms. The molecule has 0 amide bonds. The number of aryl methyl sites for hydroxylation is 1. The van der Waals surface area contributed by atoms with E-state index in [2.05, 4.69) is 10.2 Å². The van der Waals surface area contributed by atoms with Gasteiger partial charge in [0.25, 0.3) is 5.22 Å². The van der Waals surface area contributed by atoms with E-state index in [0.29, 0.717) is 23.5 Å². The zero-order valence-corrected chi connectivity index (χ0v) is 13.3. The van der Waals surface area contributed by atoms with Crippen LogP contribution < -0.4 is 4.74 Å². The third kappa shape index (κ3) is 4.10. The molecule has 23 heavy (non-hydrogen) atoms. The van der Waals surface area contributed by atoms with Crippen LogP contribution in [0.4, 0.5) is 4.39 Å². The van der Waals surface area contributed by atoms with Crippen LogP contribution in [-0.2, 0) is 0 Å². The van der Waals surface area contributed by atoms with Crippen molar-refractivity contribution in [2.45, 2.75) is 12.1 Å². The predicted molar refractivity (Wildman–Crippen MR) is 87.1 cm³/mol. The van der Waals surface area contributed by atoms with E-state index in [1.807, 2.05) is 31.2 Å². The van der Waals surface area contributed by atoms with Gasteiger partial charge < -0.3 is 9.15 Å². The summed E-state index contributed by atoms with van der Waals surface area (Å²) in [4.78, 5) is 0. The Labute approximate surface area is 137 Å². The van der Waals surface area contributed by atoms with Crippen molar-refractivity contribution in [2.24, 2.45) is 0 Å². The van der Waals surface area contributed by atoms with Crippen molar-refractivity contribution >= 4 is 11.8 Å². The maximum absolute atomic E-state index is 13.4. The lowest BCUT2D eigenvalue weighted by Gasteiger charge is -2.05. The molecule has 0 spiro atoms. The van der Waals surface area contributed by atoms with Crippen LogP contribution in [0.2, 0.25) is 0 Å². The van der Waals surface area contributed by atoms with Crippen molar-refractivity contribution in [2.75, 3.05) is 12.4 Å². The molecule has 1 aromatic heterocycles. The van der Waals surface area contributed by atoms with E-state index in [-0.39, 0.29) is 11.6 Å². The summed E-state index contributed by atoms with van der Waals surface area (Å²) in [5, 5.41) is 8.49. The van der Waals surface area contributed by atoms with Crippen LogP contribution >= 0.6 is 11.8 Å². The summed E-state index contributed by atoms with van der Waals surface area (Å²) in [5.74, 6) is 0.961. The van der Waals surface area contributed by atoms with E-state index >= 15 is 0 Å². The number of thioether (sulfide) groups is 1. The van der Waals surface area contributed by atoms with Crippen LogP contribution in [0.1, 0.15) is 5.56 Å². The van der Waals surface area contributed by atoms with Crippen molar-refractivity contribution in [3.8, 4) is 17.2 Å². The standard InChI is InChI=1S/C17H15FN2O2S/c1-12-6-8-13(9-7-12)16-19-20-17(22-16)23-11-10-21-15-5-3-2-4-14(15)18/h2-9H,10-11H2,1H3. The van der Waals surface area contributed by atoms with Gasteiger partial charge in [0.15, 0.2) is 11.6 Å². The minimum atomic E-state index is -0.364. The molecule has 4 nitrogen and oxygen atoms in total. The fourth-order valence-corrected chi connectivity index (χ4v) is 2.50. The second kappa shape index (κ2) is 7.28. The van der Waals surface area contributed by atoms with Gasteiger partial charge in [0, 0.05) is 11.3 Å². The Bertz CT molecular complexity index is 774. The second-order valence-electron chi connectivity index (χ2n) is 4.87. The maximum atomic E-state index is 13.4. The van der Waals surface area contributed by atoms with Crippen LogP contribution in [0.5, 0.6) is 5.75 Å². The van der Waals surface area contributed by atoms with E-state index in [1.54, 1.807) is 18.2 Å². The quantitative estimate of drug-likeness (QED) is 0.496. The molecule has 1 heterocycles. The van der Waals surface area contributed by atoms with Crippen molar-refractivity contribution < 1.29 is 13.5 Å². The Balaban J connectivity index is 1.52. The zero-order valence-electron chi connectivity index (χ0n) is 12.5. The lowest BCUT2D eigenvalue weighted by Crippen LogP contribution is -2.01. The van der Waals surface area contributed by atoms with E-state index in [4.69, 9.17) is 9.15 Å². The molecule has 0 saturated heterocycles. The van der Waals surface area contributed by atoms with E-state index < -0.39 is 0 Å². The molecule has 0 radical (unpaired) electrons. The number of para-hydroxylation sites is 1. The zero-order chi connectivity index (χ0) is 16.1. The van der Waals surface area contributed by atoms with Crippen LogP contribution in [0, 0.1) is 12.7 Å². The van der Waals surface area contributed by atoms with Crippen LogP contribution in [0.3, 0.4) is 0 Å². The number of hydrogen-bond donors (Lipinski definition) is 0. The highest BCUT2D eigenvalue weighted by atomic mass is 32.2. The number of ether oxygens (including phenoxy) is 1. The molecule has 0 atom stereocenters. The number of hydrogen-bond acceptors (Lipinski definition) is 5. The molecule has 6 heteroatoms. The average molecular weight is 330 g/mol. The Morgan fingerprint density at radius 2 is 1.87 bits per heavy atom. The van der Waals surface area contributed by atoms with Crippen LogP contribution in [0.25, 0.3) is 11.5 Å². The van der Waals surface area contributed by atoms with Gasteiger partial charge in [-0.3, -0.25) is 0 Å². The van der Waals surface area contributed by atoms with Crippen molar-refractivity contribution in [1.29, 1.82) is 0 Å². The minimum absolute atomic E-state index is 0.249. The Morgan fingerprint density at radius 3 is 2.65 bits per heavy atom. The first-order chi connectivity index (χ1) is 11.2. The Hall–Kier alpha value is -2.34. The first kappa shape index (κ1) is 15.6. The number of halogens is 1. The largest absolute Gasteiger partial charge is 0.490 e. The fraction of sp³-hybridized carbons (Fsp3) is 0.176. The molecular formula is C17H15FN2O2S. The maximum Gasteiger partial charge on any atom is 0.276 e. The van der Waals surface area contributed by atoms with Gasteiger partial charge in [-0.2, -0.15) is 0 Å². The van der Waals surface area contributed by atoms with Gasteiger partial charge in [-0.15, -0.1) is 10.2 Å². The molecule has 3 aromatic rings. The number of benzene rings is 2. The van der Waals surface area contributed by atoms with Crippen LogP contribution in [-0.4, -0.2) is 22.6 Å². The lowest BCUT2D eigenvalue weighted by molar-refractivity contribution is 0.324. The minimum Gasteiger partial charge on any atom is -0.490 e. The summed E-state index contributed by atoms with van der Waals surface area (Å²) in [7, 11) is 0. The van der Waals surface area contributed by atoms with Crippen molar-refractivity contribution in [3.05, 3.63) is 59.9 Å². The third-order valence-electron chi connectivity index (χ3n) is 3.11. The normalized spacial score (nSPS) is 10.7. The first-order valence-corrected chi connectivity index (χ1v) is 8.11. The van der Waals surface area contributed by atoms with Gasteiger partial charge in [0.05, 0.1) is 6.61 Å². The SMILES string of the molecule is Cc1ccc(-c2nnc(SCCOc3ccccc3F)o2)cc1. The summed E-state index contributed by atoms with van der Waals surface area (Å²) in [6, 6.07) is 14.2. The lowest BCUT2D eigenvalue weighted by atomic mass is 10.1. The highest BCUT2D eigenvalue weighted by Gasteiger charge is 2.09. The topological polar surface area (TPSA) is 48.2 Å². The van der Waals surface area contributed by atoms with Crippen molar-refractivity contribution in [3.63, 3.8) is 0 Å². The monoisotopic (exact) mass is 330 g/mol. The third-order valence-corrected chi connectivity index (χ3v) is 3.89. The molecule has 118 valence electrons. The van der Waals surface area contributed by atoms with Crippen LogP contribution in [0.15, 0.2) is 58.2 Å². The molecule has 3 rings (SSSR count). The summed E-state index contributed by atoms with van der Waals surface area (Å²) in [6.45, 7) is 2.38. The van der Waals surface area contributed by atoms with Gasteiger partial charge in [0.1, 0.15) is 0 Å². The Kier molecular flexibility index (Phi) is 4.92. The molecule has 0 fully saturated rings. The molecule has 0 aliphatic heterocycles. The van der Waals surface area contributed by atoms with Crippen molar-refractivity contribution in [1.82, 2.24) is 10.2 Å². The average Bonchev–Trinajstić information content (AvgIpc) is 3.03. The molecule has 0 aliphatic carbocycles. The smallest absolute Gasteiger partial charge is 0.276 e. The summed E-state index contributed by atoms with van der Waals surface area (Å²) in [5.41, 5.74) is 2.06. The molecule has 2 aromatic carbocycles. The number of aromatic nitrogens is 2. The summed E-state index contributed by atoms with van der Waals surface area (Å²) in [6.07, 6.45) is 0. The van der Waals surface area contributed by atoms with Gasteiger partial charge in [-0.1, -0.05) is 41.6 Å². The highest BCUT2D eigenvalue weighted by Crippen LogP contribution is 2.23. The second-order valence-corrected chi connectivity index (χ2v) is 5.91. The van der Waals surface area contributed by atoms with E-state index in [9.17, 15) is 4.39 Å². The van der Waals surface area contributed by atoms with Gasteiger partial charge in [0.2, 0.25) is 5.89 Å².